The average molecular weight is 412 g/mol. The number of aromatic amines is 1. The highest BCUT2D eigenvalue weighted by Gasteiger charge is 2.12. The summed E-state index contributed by atoms with van der Waals surface area (Å²) in [6.45, 7) is 2.03. The number of benzene rings is 2. The molecule has 0 aliphatic carbocycles. The molecule has 4 rings (SSSR count). The van der Waals surface area contributed by atoms with Crippen LogP contribution in [0.2, 0.25) is 5.02 Å². The van der Waals surface area contributed by atoms with Crippen molar-refractivity contribution in [3.63, 3.8) is 0 Å². The van der Waals surface area contributed by atoms with Crippen LogP contribution in [0.3, 0.4) is 0 Å². The summed E-state index contributed by atoms with van der Waals surface area (Å²) in [6, 6.07) is 13.7. The second kappa shape index (κ2) is 9.34. The van der Waals surface area contributed by atoms with Crippen LogP contribution in [0.25, 0.3) is 0 Å². The molecule has 150 valence electrons. The molecule has 29 heavy (non-hydrogen) atoms. The van der Waals surface area contributed by atoms with E-state index in [1.807, 2.05) is 43.3 Å². The van der Waals surface area contributed by atoms with Crippen LogP contribution in [0.5, 0.6) is 0 Å². The summed E-state index contributed by atoms with van der Waals surface area (Å²) in [4.78, 5) is 26.0. The number of carbonyl (C=O) groups excluding carboxylic acids is 2. The van der Waals surface area contributed by atoms with Gasteiger partial charge in [0.15, 0.2) is 0 Å². The number of hydrogen-bond donors (Lipinski definition) is 3. The van der Waals surface area contributed by atoms with E-state index >= 15 is 0 Å². The van der Waals surface area contributed by atoms with Gasteiger partial charge in [-0.25, -0.2) is 4.98 Å². The minimum Gasteiger partial charge on any atom is -0.363 e. The molecule has 0 radical (unpaired) electrons. The number of H-pyrrole nitrogens is 1. The molecule has 0 saturated heterocycles. The Morgan fingerprint density at radius 2 is 1.93 bits per heavy atom. The number of rotatable bonds is 3. The number of aromatic nitrogens is 3. The Morgan fingerprint density at radius 3 is 2.62 bits per heavy atom. The Bertz CT molecular complexity index is 1010. The Kier molecular flexibility index (Phi) is 6.61. The third-order valence-corrected chi connectivity index (χ3v) is 4.68. The number of halogens is 1. The maximum absolute atomic E-state index is 11.2. The number of nitrogens with one attached hydrogen (secondary N) is 2. The molecular formula is C21H22ClN5O2. The molecule has 7 nitrogen and oxygen atoms in total. The minimum atomic E-state index is -0.619. The van der Waals surface area contributed by atoms with Gasteiger partial charge in [0.2, 0.25) is 11.7 Å². The lowest BCUT2D eigenvalue weighted by molar-refractivity contribution is -0.116. The summed E-state index contributed by atoms with van der Waals surface area (Å²) in [6.07, 6.45) is 3.08. The lowest BCUT2D eigenvalue weighted by Crippen LogP contribution is -2.12. The van der Waals surface area contributed by atoms with Crippen molar-refractivity contribution in [3.05, 3.63) is 75.8 Å². The first kappa shape index (κ1) is 20.5. The Balaban J connectivity index is 0.000000169. The Labute approximate surface area is 173 Å². The van der Waals surface area contributed by atoms with Gasteiger partial charge in [0, 0.05) is 23.6 Å². The first-order chi connectivity index (χ1) is 13.9. The fourth-order valence-corrected chi connectivity index (χ4v) is 3.09. The van der Waals surface area contributed by atoms with E-state index in [4.69, 9.17) is 17.3 Å². The minimum absolute atomic E-state index is 0.0297. The number of fused-ring (bicyclic) bond motifs is 1. The van der Waals surface area contributed by atoms with Crippen molar-refractivity contribution in [1.82, 2.24) is 15.2 Å². The molecule has 1 aliphatic rings. The van der Waals surface area contributed by atoms with Gasteiger partial charge in [-0.1, -0.05) is 47.5 Å². The molecule has 1 aliphatic heterocycles. The van der Waals surface area contributed by atoms with Crippen LogP contribution < -0.4 is 11.1 Å². The molecule has 1 aromatic heterocycles. The van der Waals surface area contributed by atoms with Gasteiger partial charge in [0.1, 0.15) is 5.82 Å². The van der Waals surface area contributed by atoms with E-state index in [2.05, 4.69) is 20.5 Å². The zero-order chi connectivity index (χ0) is 20.8. The van der Waals surface area contributed by atoms with Crippen molar-refractivity contribution < 1.29 is 9.59 Å². The monoisotopic (exact) mass is 411 g/mol. The zero-order valence-electron chi connectivity index (χ0n) is 16.0. The standard InChI is InChI=1S/C11H12N4O.C10H10ClNO/c1-7-2-4-8(5-3-7)6-9-13-11(10(12)16)15-14-9;11-8-5-4-7-2-1-3-10(13)12-9(7)6-8/h2-5H,6H2,1H3,(H2,12,16)(H,13,14,15);4-6H,1-3H2,(H,12,13). The maximum atomic E-state index is 11.2. The van der Waals surface area contributed by atoms with Gasteiger partial charge in [0.05, 0.1) is 0 Å². The number of nitrogens with two attached hydrogens (primary N) is 1. The smallest absolute Gasteiger partial charge is 0.288 e. The summed E-state index contributed by atoms with van der Waals surface area (Å²) in [5, 5.41) is 9.91. The fraction of sp³-hybridized carbons (Fsp3) is 0.238. The SMILES string of the molecule is Cc1ccc(Cc2nc(C(N)=O)n[nH]2)cc1.O=C1CCCc2ccc(Cl)cc2N1. The zero-order valence-corrected chi connectivity index (χ0v) is 16.8. The van der Waals surface area contributed by atoms with Crippen molar-refractivity contribution in [2.75, 3.05) is 5.32 Å². The van der Waals surface area contributed by atoms with Gasteiger partial charge in [-0.15, -0.1) is 5.10 Å². The predicted molar refractivity (Wildman–Crippen MR) is 112 cm³/mol. The molecule has 2 heterocycles. The van der Waals surface area contributed by atoms with E-state index in [1.165, 1.54) is 11.1 Å². The fourth-order valence-electron chi connectivity index (χ4n) is 2.92. The van der Waals surface area contributed by atoms with Gasteiger partial charge < -0.3 is 11.1 Å². The molecule has 0 saturated carbocycles. The second-order valence-corrected chi connectivity index (χ2v) is 7.27. The highest BCUT2D eigenvalue weighted by Crippen LogP contribution is 2.25. The molecule has 2 aromatic carbocycles. The van der Waals surface area contributed by atoms with Crippen LogP contribution in [-0.4, -0.2) is 27.0 Å². The lowest BCUT2D eigenvalue weighted by atomic mass is 10.1. The average Bonchev–Trinajstić information content (AvgIpc) is 3.07. The van der Waals surface area contributed by atoms with E-state index in [9.17, 15) is 9.59 Å². The number of primary amides is 1. The summed E-state index contributed by atoms with van der Waals surface area (Å²) >= 11 is 5.83. The van der Waals surface area contributed by atoms with Crippen LogP contribution in [0, 0.1) is 6.92 Å². The number of carbonyl (C=O) groups is 2. The van der Waals surface area contributed by atoms with Crippen LogP contribution in [0.4, 0.5) is 5.69 Å². The molecule has 4 N–H and O–H groups in total. The molecule has 2 amide bonds. The van der Waals surface area contributed by atoms with Crippen LogP contribution in [0.15, 0.2) is 42.5 Å². The molecule has 0 bridgehead atoms. The van der Waals surface area contributed by atoms with E-state index in [0.29, 0.717) is 23.7 Å². The van der Waals surface area contributed by atoms with Crippen molar-refractivity contribution in [1.29, 1.82) is 0 Å². The normalized spacial score (nSPS) is 12.8. The summed E-state index contributed by atoms with van der Waals surface area (Å²) < 4.78 is 0. The molecule has 8 heteroatoms. The first-order valence-corrected chi connectivity index (χ1v) is 9.63. The van der Waals surface area contributed by atoms with Gasteiger partial charge in [-0.05, 0) is 43.0 Å². The van der Waals surface area contributed by atoms with E-state index in [-0.39, 0.29) is 11.7 Å². The predicted octanol–water partition coefficient (Wildman–Crippen LogP) is 3.42. The van der Waals surface area contributed by atoms with E-state index < -0.39 is 5.91 Å². The molecule has 0 unspecified atom stereocenters. The summed E-state index contributed by atoms with van der Waals surface area (Å²) in [7, 11) is 0. The largest absolute Gasteiger partial charge is 0.363 e. The third kappa shape index (κ3) is 5.89. The maximum Gasteiger partial charge on any atom is 0.288 e. The second-order valence-electron chi connectivity index (χ2n) is 6.84. The van der Waals surface area contributed by atoms with Crippen molar-refractivity contribution >= 4 is 29.1 Å². The Hall–Kier alpha value is -3.19. The third-order valence-electron chi connectivity index (χ3n) is 4.44. The van der Waals surface area contributed by atoms with Gasteiger partial charge in [0.25, 0.3) is 5.91 Å². The highest BCUT2D eigenvalue weighted by atomic mass is 35.5. The number of amides is 2. The molecule has 0 spiro atoms. The van der Waals surface area contributed by atoms with E-state index in [0.717, 1.165) is 24.1 Å². The van der Waals surface area contributed by atoms with Crippen LogP contribution >= 0.6 is 11.6 Å². The lowest BCUT2D eigenvalue weighted by Gasteiger charge is -2.05. The number of hydrogen-bond acceptors (Lipinski definition) is 4. The first-order valence-electron chi connectivity index (χ1n) is 9.25. The van der Waals surface area contributed by atoms with Crippen LogP contribution in [-0.2, 0) is 17.6 Å². The van der Waals surface area contributed by atoms with Gasteiger partial charge >= 0.3 is 0 Å². The summed E-state index contributed by atoms with van der Waals surface area (Å²) in [5.41, 5.74) is 9.42. The number of anilines is 1. The molecule has 0 atom stereocenters. The van der Waals surface area contributed by atoms with Crippen molar-refractivity contribution in [2.45, 2.75) is 32.6 Å². The Morgan fingerprint density at radius 1 is 1.17 bits per heavy atom. The summed E-state index contributed by atoms with van der Waals surface area (Å²) in [5.74, 6) is 0.132. The van der Waals surface area contributed by atoms with Crippen molar-refractivity contribution in [2.24, 2.45) is 5.73 Å². The van der Waals surface area contributed by atoms with E-state index in [1.54, 1.807) is 6.07 Å². The number of aryl methyl sites for hydroxylation is 2. The molecule has 3 aromatic rings. The molecular weight excluding hydrogens is 390 g/mol. The topological polar surface area (TPSA) is 114 Å². The molecule has 0 fully saturated rings. The highest BCUT2D eigenvalue weighted by molar-refractivity contribution is 6.31. The van der Waals surface area contributed by atoms with Gasteiger partial charge in [-0.3, -0.25) is 14.7 Å². The van der Waals surface area contributed by atoms with Crippen LogP contribution in [0.1, 0.15) is 46.0 Å². The number of nitrogens with zero attached hydrogens (tertiary/aromatic N) is 2. The van der Waals surface area contributed by atoms with Crippen molar-refractivity contribution in [3.8, 4) is 0 Å². The quantitative estimate of drug-likeness (QED) is 0.612. The van der Waals surface area contributed by atoms with Gasteiger partial charge in [-0.2, -0.15) is 0 Å².